The molecule has 1 aromatic rings. The minimum absolute atomic E-state index is 0.263. The van der Waals surface area contributed by atoms with Gasteiger partial charge in [-0.05, 0) is 48.9 Å². The smallest absolute Gasteiger partial charge is 0.123 e. The highest BCUT2D eigenvalue weighted by atomic mass is 19.1. The minimum Gasteiger partial charge on any atom is -0.388 e. The Kier molecular flexibility index (Phi) is 3.06. The standard InChI is InChI=1S/C13H17FO/c1-9-2-6-11(14)8-12(9)13(15)7-5-10-3-4-10/h2,6,8,10,13,15H,3-5,7H2,1H3. The SMILES string of the molecule is Cc1ccc(F)cc1C(O)CCC1CC1. The molecule has 1 N–H and O–H groups in total. The van der Waals surface area contributed by atoms with Crippen molar-refractivity contribution >= 4 is 0 Å². The third-order valence-electron chi connectivity index (χ3n) is 3.15. The fraction of sp³-hybridized carbons (Fsp3) is 0.538. The van der Waals surface area contributed by atoms with E-state index in [1.54, 1.807) is 6.07 Å². The van der Waals surface area contributed by atoms with Gasteiger partial charge in [-0.3, -0.25) is 0 Å². The Balaban J connectivity index is 2.02. The third-order valence-corrected chi connectivity index (χ3v) is 3.15. The number of hydrogen-bond acceptors (Lipinski definition) is 1. The predicted octanol–water partition coefficient (Wildman–Crippen LogP) is 3.36. The molecular weight excluding hydrogens is 191 g/mol. The highest BCUT2D eigenvalue weighted by Gasteiger charge is 2.22. The summed E-state index contributed by atoms with van der Waals surface area (Å²) in [5.41, 5.74) is 1.72. The predicted molar refractivity (Wildman–Crippen MR) is 58.1 cm³/mol. The molecule has 0 amide bonds. The van der Waals surface area contributed by atoms with Crippen molar-refractivity contribution in [2.24, 2.45) is 5.92 Å². The number of rotatable bonds is 4. The number of hydrogen-bond donors (Lipinski definition) is 1. The summed E-state index contributed by atoms with van der Waals surface area (Å²) in [5, 5.41) is 9.94. The van der Waals surface area contributed by atoms with Crippen LogP contribution < -0.4 is 0 Å². The molecule has 1 aliphatic rings. The Labute approximate surface area is 89.9 Å². The molecule has 82 valence electrons. The number of halogens is 1. The molecule has 1 fully saturated rings. The Morgan fingerprint density at radius 2 is 2.20 bits per heavy atom. The maximum absolute atomic E-state index is 13.0. The second-order valence-corrected chi connectivity index (χ2v) is 4.54. The van der Waals surface area contributed by atoms with E-state index in [-0.39, 0.29) is 5.82 Å². The van der Waals surface area contributed by atoms with E-state index in [2.05, 4.69) is 0 Å². The zero-order chi connectivity index (χ0) is 10.8. The van der Waals surface area contributed by atoms with Gasteiger partial charge in [0.25, 0.3) is 0 Å². The lowest BCUT2D eigenvalue weighted by atomic mass is 9.99. The highest BCUT2D eigenvalue weighted by Crippen LogP contribution is 2.36. The summed E-state index contributed by atoms with van der Waals surface area (Å²) in [7, 11) is 0. The molecule has 1 unspecified atom stereocenters. The minimum atomic E-state index is -0.499. The topological polar surface area (TPSA) is 20.2 Å². The van der Waals surface area contributed by atoms with Crippen molar-refractivity contribution in [3.05, 3.63) is 35.1 Å². The molecule has 0 heterocycles. The first kappa shape index (κ1) is 10.6. The van der Waals surface area contributed by atoms with E-state index >= 15 is 0 Å². The molecule has 1 aliphatic carbocycles. The van der Waals surface area contributed by atoms with E-state index in [0.29, 0.717) is 0 Å². The Morgan fingerprint density at radius 3 is 2.87 bits per heavy atom. The summed E-state index contributed by atoms with van der Waals surface area (Å²) in [4.78, 5) is 0. The van der Waals surface area contributed by atoms with E-state index < -0.39 is 6.10 Å². The summed E-state index contributed by atoms with van der Waals surface area (Å²) in [5.74, 6) is 0.551. The van der Waals surface area contributed by atoms with E-state index in [0.717, 1.165) is 29.9 Å². The first-order chi connectivity index (χ1) is 7.16. The van der Waals surface area contributed by atoms with Crippen LogP contribution in [0, 0.1) is 18.7 Å². The molecule has 0 saturated heterocycles. The van der Waals surface area contributed by atoms with Gasteiger partial charge in [0.1, 0.15) is 5.82 Å². The second-order valence-electron chi connectivity index (χ2n) is 4.54. The van der Waals surface area contributed by atoms with Crippen LogP contribution in [0.3, 0.4) is 0 Å². The molecule has 1 atom stereocenters. The average Bonchev–Trinajstić information content (AvgIpc) is 3.02. The zero-order valence-corrected chi connectivity index (χ0v) is 9.04. The van der Waals surface area contributed by atoms with Crippen LogP contribution in [0.5, 0.6) is 0 Å². The summed E-state index contributed by atoms with van der Waals surface area (Å²) in [6.07, 6.45) is 3.93. The van der Waals surface area contributed by atoms with Crippen molar-refractivity contribution in [1.29, 1.82) is 0 Å². The van der Waals surface area contributed by atoms with Crippen LogP contribution in [0.1, 0.15) is 42.9 Å². The number of aryl methyl sites for hydroxylation is 1. The molecule has 0 radical (unpaired) electrons. The van der Waals surface area contributed by atoms with Crippen molar-refractivity contribution in [2.45, 2.75) is 38.7 Å². The second kappa shape index (κ2) is 4.31. The Morgan fingerprint density at radius 1 is 1.47 bits per heavy atom. The Bertz CT molecular complexity index is 344. The fourth-order valence-electron chi connectivity index (χ4n) is 1.93. The van der Waals surface area contributed by atoms with Gasteiger partial charge in [0.2, 0.25) is 0 Å². The third kappa shape index (κ3) is 2.78. The monoisotopic (exact) mass is 208 g/mol. The van der Waals surface area contributed by atoms with Crippen LogP contribution in [0.2, 0.25) is 0 Å². The summed E-state index contributed by atoms with van der Waals surface area (Å²) >= 11 is 0. The molecule has 2 rings (SSSR count). The van der Waals surface area contributed by atoms with Crippen molar-refractivity contribution in [1.82, 2.24) is 0 Å². The van der Waals surface area contributed by atoms with Crippen LogP contribution in [-0.2, 0) is 0 Å². The summed E-state index contributed by atoms with van der Waals surface area (Å²) < 4.78 is 13.0. The van der Waals surface area contributed by atoms with Gasteiger partial charge in [-0.25, -0.2) is 4.39 Å². The van der Waals surface area contributed by atoms with Gasteiger partial charge in [0.15, 0.2) is 0 Å². The maximum Gasteiger partial charge on any atom is 0.123 e. The van der Waals surface area contributed by atoms with Crippen molar-refractivity contribution < 1.29 is 9.50 Å². The first-order valence-corrected chi connectivity index (χ1v) is 5.61. The van der Waals surface area contributed by atoms with Gasteiger partial charge >= 0.3 is 0 Å². The fourth-order valence-corrected chi connectivity index (χ4v) is 1.93. The van der Waals surface area contributed by atoms with Gasteiger partial charge in [-0.1, -0.05) is 18.9 Å². The van der Waals surface area contributed by atoms with Gasteiger partial charge in [-0.15, -0.1) is 0 Å². The summed E-state index contributed by atoms with van der Waals surface area (Å²) in [6, 6.07) is 4.62. The van der Waals surface area contributed by atoms with E-state index in [1.165, 1.54) is 25.0 Å². The van der Waals surface area contributed by atoms with E-state index in [1.807, 2.05) is 6.92 Å². The molecule has 0 spiro atoms. The lowest BCUT2D eigenvalue weighted by Gasteiger charge is -2.13. The van der Waals surface area contributed by atoms with E-state index in [9.17, 15) is 9.50 Å². The normalized spacial score (nSPS) is 17.8. The molecular formula is C13H17FO. The van der Waals surface area contributed by atoms with Crippen LogP contribution in [0.25, 0.3) is 0 Å². The van der Waals surface area contributed by atoms with E-state index in [4.69, 9.17) is 0 Å². The lowest BCUT2D eigenvalue weighted by molar-refractivity contribution is 0.161. The molecule has 2 heteroatoms. The summed E-state index contributed by atoms with van der Waals surface area (Å²) in [6.45, 7) is 1.91. The van der Waals surface area contributed by atoms with Gasteiger partial charge in [0.05, 0.1) is 6.10 Å². The average molecular weight is 208 g/mol. The van der Waals surface area contributed by atoms with Gasteiger partial charge in [0, 0.05) is 0 Å². The quantitative estimate of drug-likeness (QED) is 0.804. The van der Waals surface area contributed by atoms with Crippen LogP contribution in [0.15, 0.2) is 18.2 Å². The molecule has 1 nitrogen and oxygen atoms in total. The van der Waals surface area contributed by atoms with Crippen LogP contribution in [0.4, 0.5) is 4.39 Å². The van der Waals surface area contributed by atoms with Crippen LogP contribution in [-0.4, -0.2) is 5.11 Å². The number of aliphatic hydroxyl groups excluding tert-OH is 1. The lowest BCUT2D eigenvalue weighted by Crippen LogP contribution is -2.01. The molecule has 1 saturated carbocycles. The van der Waals surface area contributed by atoms with Crippen molar-refractivity contribution in [3.63, 3.8) is 0 Å². The van der Waals surface area contributed by atoms with Crippen LogP contribution >= 0.6 is 0 Å². The van der Waals surface area contributed by atoms with Gasteiger partial charge < -0.3 is 5.11 Å². The van der Waals surface area contributed by atoms with Gasteiger partial charge in [-0.2, -0.15) is 0 Å². The highest BCUT2D eigenvalue weighted by molar-refractivity contribution is 5.28. The molecule has 0 aromatic heterocycles. The molecule has 1 aromatic carbocycles. The largest absolute Gasteiger partial charge is 0.388 e. The number of benzene rings is 1. The molecule has 15 heavy (non-hydrogen) atoms. The molecule has 0 bridgehead atoms. The zero-order valence-electron chi connectivity index (χ0n) is 9.04. The van der Waals surface area contributed by atoms with Crippen molar-refractivity contribution in [3.8, 4) is 0 Å². The first-order valence-electron chi connectivity index (χ1n) is 5.61. The number of aliphatic hydroxyl groups is 1. The maximum atomic E-state index is 13.0. The Hall–Kier alpha value is -0.890. The van der Waals surface area contributed by atoms with Crippen molar-refractivity contribution in [2.75, 3.05) is 0 Å². The molecule has 0 aliphatic heterocycles.